The molecule has 3 aromatic heterocycles. The summed E-state index contributed by atoms with van der Waals surface area (Å²) < 4.78 is 4.94. The molecule has 0 amide bonds. The number of aromatic nitrogens is 2. The van der Waals surface area contributed by atoms with Crippen molar-refractivity contribution < 1.29 is 0 Å². The molecule has 0 saturated heterocycles. The van der Waals surface area contributed by atoms with Gasteiger partial charge in [-0.3, -0.25) is 0 Å². The van der Waals surface area contributed by atoms with Crippen LogP contribution in [0.25, 0.3) is 92.1 Å². The van der Waals surface area contributed by atoms with Crippen molar-refractivity contribution in [3.8, 4) is 39.2 Å². The summed E-state index contributed by atoms with van der Waals surface area (Å²) in [6, 6.07) is 61.3. The molecule has 10 aromatic rings. The predicted molar refractivity (Wildman–Crippen MR) is 205 cm³/mol. The molecule has 7 aromatic carbocycles. The first kappa shape index (κ1) is 27.1. The van der Waals surface area contributed by atoms with Crippen LogP contribution in [0.3, 0.4) is 0 Å². The third kappa shape index (κ3) is 4.15. The van der Waals surface area contributed by atoms with Crippen molar-refractivity contribution in [1.82, 2.24) is 9.55 Å². The number of nitrogens with zero attached hydrogens (tertiary/aromatic N) is 2. The molecular formula is C45H28N2S. The zero-order valence-corrected chi connectivity index (χ0v) is 26.8. The minimum absolute atomic E-state index is 1.03. The molecule has 0 bridgehead atoms. The number of para-hydroxylation sites is 3. The minimum atomic E-state index is 1.03. The third-order valence-corrected chi connectivity index (χ3v) is 10.8. The Morgan fingerprint density at radius 2 is 1.08 bits per heavy atom. The summed E-state index contributed by atoms with van der Waals surface area (Å²) in [4.78, 5) is 5.31. The van der Waals surface area contributed by atoms with Gasteiger partial charge in [-0.2, -0.15) is 0 Å². The van der Waals surface area contributed by atoms with E-state index in [0.717, 1.165) is 22.5 Å². The lowest BCUT2D eigenvalue weighted by atomic mass is 9.96. The predicted octanol–water partition coefficient (Wildman–Crippen LogP) is 12.7. The standard InChI is InChI=1S/C45H28N2S/c1-2-14-33(15-3-1)47-40-22-8-6-16-35(40)37-21-11-20-34(44(37)47)32-13-10-12-31(28-32)29-24-26-30(27-25-29)42-36-17-4-5-18-38(36)45-43(46-42)39-19-7-9-23-41(39)48-45/h1-28H. The van der Waals surface area contributed by atoms with Crippen molar-refractivity contribution in [3.05, 3.63) is 170 Å². The molecule has 224 valence electrons. The second-order valence-electron chi connectivity index (χ2n) is 12.3. The van der Waals surface area contributed by atoms with Gasteiger partial charge in [-0.15, -0.1) is 11.3 Å². The summed E-state index contributed by atoms with van der Waals surface area (Å²) in [6.45, 7) is 0. The summed E-state index contributed by atoms with van der Waals surface area (Å²) in [5.41, 5.74) is 11.6. The summed E-state index contributed by atoms with van der Waals surface area (Å²) in [7, 11) is 0. The average Bonchev–Trinajstić information content (AvgIpc) is 3.71. The van der Waals surface area contributed by atoms with Crippen LogP contribution in [-0.2, 0) is 0 Å². The van der Waals surface area contributed by atoms with Crippen LogP contribution < -0.4 is 0 Å². The van der Waals surface area contributed by atoms with Gasteiger partial charge in [0.15, 0.2) is 0 Å². The highest BCUT2D eigenvalue weighted by atomic mass is 32.1. The van der Waals surface area contributed by atoms with E-state index < -0.39 is 0 Å². The van der Waals surface area contributed by atoms with Gasteiger partial charge in [-0.1, -0.05) is 140 Å². The van der Waals surface area contributed by atoms with E-state index >= 15 is 0 Å². The maximum Gasteiger partial charge on any atom is 0.0902 e. The Kier molecular flexibility index (Phi) is 6.08. The summed E-state index contributed by atoms with van der Waals surface area (Å²) in [5, 5.41) is 6.20. The van der Waals surface area contributed by atoms with Crippen LogP contribution in [0.5, 0.6) is 0 Å². The second-order valence-corrected chi connectivity index (χ2v) is 13.4. The van der Waals surface area contributed by atoms with Crippen molar-refractivity contribution in [3.63, 3.8) is 0 Å². The third-order valence-electron chi connectivity index (χ3n) is 9.59. The van der Waals surface area contributed by atoms with E-state index in [9.17, 15) is 0 Å². The first-order valence-electron chi connectivity index (χ1n) is 16.3. The molecule has 0 atom stereocenters. The molecule has 0 aliphatic heterocycles. The second kappa shape index (κ2) is 10.8. The van der Waals surface area contributed by atoms with E-state index in [-0.39, 0.29) is 0 Å². The molecule has 0 N–H and O–H groups in total. The van der Waals surface area contributed by atoms with Gasteiger partial charge in [-0.05, 0) is 47.0 Å². The van der Waals surface area contributed by atoms with Crippen molar-refractivity contribution in [2.75, 3.05) is 0 Å². The van der Waals surface area contributed by atoms with Gasteiger partial charge in [0, 0.05) is 48.4 Å². The van der Waals surface area contributed by atoms with Gasteiger partial charge in [-0.25, -0.2) is 4.98 Å². The van der Waals surface area contributed by atoms with Crippen LogP contribution in [0.4, 0.5) is 0 Å². The largest absolute Gasteiger partial charge is 0.309 e. The highest BCUT2D eigenvalue weighted by Crippen LogP contribution is 2.42. The molecule has 0 fully saturated rings. The van der Waals surface area contributed by atoms with E-state index in [1.165, 1.54) is 69.6 Å². The highest BCUT2D eigenvalue weighted by molar-refractivity contribution is 7.26. The first-order chi connectivity index (χ1) is 23.8. The molecule has 0 spiro atoms. The Morgan fingerprint density at radius 3 is 1.94 bits per heavy atom. The number of benzene rings is 7. The van der Waals surface area contributed by atoms with Gasteiger partial charge in [0.05, 0.1) is 26.9 Å². The van der Waals surface area contributed by atoms with Gasteiger partial charge in [0.1, 0.15) is 0 Å². The zero-order chi connectivity index (χ0) is 31.6. The Labute approximate surface area is 281 Å². The smallest absolute Gasteiger partial charge is 0.0902 e. The minimum Gasteiger partial charge on any atom is -0.309 e. The lowest BCUT2D eigenvalue weighted by molar-refractivity contribution is 1.18. The Bertz CT molecular complexity index is 2820. The van der Waals surface area contributed by atoms with Crippen molar-refractivity contribution in [2.45, 2.75) is 0 Å². The van der Waals surface area contributed by atoms with Crippen molar-refractivity contribution in [2.24, 2.45) is 0 Å². The van der Waals surface area contributed by atoms with Gasteiger partial charge < -0.3 is 4.57 Å². The van der Waals surface area contributed by atoms with Gasteiger partial charge in [0.2, 0.25) is 0 Å². The molecule has 3 heterocycles. The van der Waals surface area contributed by atoms with Crippen LogP contribution in [0.2, 0.25) is 0 Å². The lowest BCUT2D eigenvalue weighted by Gasteiger charge is -2.13. The van der Waals surface area contributed by atoms with E-state index in [2.05, 4.69) is 174 Å². The number of thiophene rings is 1. The fourth-order valence-electron chi connectivity index (χ4n) is 7.39. The van der Waals surface area contributed by atoms with Crippen LogP contribution in [0.15, 0.2) is 170 Å². The number of hydrogen-bond acceptors (Lipinski definition) is 2. The van der Waals surface area contributed by atoms with E-state index in [0.29, 0.717) is 0 Å². The molecule has 0 aliphatic carbocycles. The molecular weight excluding hydrogens is 601 g/mol. The first-order valence-corrected chi connectivity index (χ1v) is 17.1. The van der Waals surface area contributed by atoms with Gasteiger partial charge in [0.25, 0.3) is 0 Å². The molecule has 0 saturated carbocycles. The Hall–Kier alpha value is -6.03. The van der Waals surface area contributed by atoms with Crippen LogP contribution >= 0.6 is 11.3 Å². The monoisotopic (exact) mass is 628 g/mol. The van der Waals surface area contributed by atoms with Crippen LogP contribution in [-0.4, -0.2) is 9.55 Å². The van der Waals surface area contributed by atoms with Crippen molar-refractivity contribution in [1.29, 1.82) is 0 Å². The number of hydrogen-bond donors (Lipinski definition) is 0. The SMILES string of the molecule is c1ccc(-n2c3ccccc3c3cccc(-c4cccc(-c5ccc(-c6nc7c8ccccc8sc7c7ccccc67)cc5)c4)c32)cc1. The highest BCUT2D eigenvalue weighted by Gasteiger charge is 2.17. The van der Waals surface area contributed by atoms with Crippen LogP contribution in [0, 0.1) is 0 Å². The maximum atomic E-state index is 5.31. The molecule has 0 radical (unpaired) electrons. The maximum absolute atomic E-state index is 5.31. The molecule has 10 rings (SSSR count). The number of fused-ring (bicyclic) bond motifs is 8. The zero-order valence-electron chi connectivity index (χ0n) is 26.0. The summed E-state index contributed by atoms with van der Waals surface area (Å²) in [6.07, 6.45) is 0. The number of rotatable bonds is 4. The van der Waals surface area contributed by atoms with Crippen molar-refractivity contribution >= 4 is 64.2 Å². The fraction of sp³-hybridized carbons (Fsp3) is 0. The quantitative estimate of drug-likeness (QED) is 0.190. The molecule has 2 nitrogen and oxygen atoms in total. The molecule has 3 heteroatoms. The van der Waals surface area contributed by atoms with E-state index in [1.54, 1.807) is 0 Å². The fourth-order valence-corrected chi connectivity index (χ4v) is 8.57. The molecule has 0 unspecified atom stereocenters. The topological polar surface area (TPSA) is 17.8 Å². The van der Waals surface area contributed by atoms with Gasteiger partial charge >= 0.3 is 0 Å². The lowest BCUT2D eigenvalue weighted by Crippen LogP contribution is -1.95. The number of pyridine rings is 1. The summed E-state index contributed by atoms with van der Waals surface area (Å²) >= 11 is 1.83. The summed E-state index contributed by atoms with van der Waals surface area (Å²) in [5.74, 6) is 0. The van der Waals surface area contributed by atoms with E-state index in [1.807, 2.05) is 11.3 Å². The Balaban J connectivity index is 1.10. The average molecular weight is 629 g/mol. The van der Waals surface area contributed by atoms with Crippen LogP contribution in [0.1, 0.15) is 0 Å². The van der Waals surface area contributed by atoms with E-state index in [4.69, 9.17) is 4.98 Å². The molecule has 48 heavy (non-hydrogen) atoms. The normalized spacial score (nSPS) is 11.8. The Morgan fingerprint density at radius 1 is 0.438 bits per heavy atom. The molecule has 0 aliphatic rings.